The molecule has 138 valence electrons. The number of hydrogen-bond acceptors (Lipinski definition) is 6. The van der Waals surface area contributed by atoms with E-state index in [1.165, 1.54) is 36.1 Å². The fraction of sp³-hybridized carbons (Fsp3) is 0.286. The molecule has 0 aliphatic rings. The monoisotopic (exact) mass is 420 g/mol. The van der Waals surface area contributed by atoms with Gasteiger partial charge in [-0.1, -0.05) is 23.4 Å². The summed E-state index contributed by atoms with van der Waals surface area (Å²) in [6.45, 7) is -1.70. The maximum atomic E-state index is 13.0. The van der Waals surface area contributed by atoms with E-state index in [0.29, 0.717) is 15.6 Å². The van der Waals surface area contributed by atoms with E-state index in [-0.39, 0.29) is 27.5 Å². The molecular weight excluding hydrogens is 410 g/mol. The minimum atomic E-state index is -3.00. The number of alkyl halides is 2. The van der Waals surface area contributed by atoms with Gasteiger partial charge < -0.3 is 5.11 Å². The summed E-state index contributed by atoms with van der Waals surface area (Å²) in [6.07, 6.45) is 0.00628. The fourth-order valence-corrected chi connectivity index (χ4v) is 4.62. The molecule has 0 fully saturated rings. The Morgan fingerprint density at radius 1 is 1.46 bits per heavy atom. The quantitative estimate of drug-likeness (QED) is 0.613. The van der Waals surface area contributed by atoms with Crippen LogP contribution in [0.15, 0.2) is 21.3 Å². The van der Waals surface area contributed by atoms with E-state index in [2.05, 4.69) is 10.1 Å². The van der Waals surface area contributed by atoms with Crippen molar-refractivity contribution in [2.75, 3.05) is 5.75 Å². The molecule has 0 unspecified atom stereocenters. The van der Waals surface area contributed by atoms with Crippen LogP contribution < -0.4 is 5.69 Å². The van der Waals surface area contributed by atoms with Crippen molar-refractivity contribution in [2.45, 2.75) is 24.2 Å². The number of carboxylic acids is 1. The van der Waals surface area contributed by atoms with Crippen molar-refractivity contribution < 1.29 is 18.7 Å². The third-order valence-corrected chi connectivity index (χ3v) is 5.85. The van der Waals surface area contributed by atoms with E-state index >= 15 is 0 Å². The summed E-state index contributed by atoms with van der Waals surface area (Å²) in [4.78, 5) is 27.1. The number of aromatic nitrogens is 4. The van der Waals surface area contributed by atoms with Gasteiger partial charge >= 0.3 is 18.2 Å². The van der Waals surface area contributed by atoms with Gasteiger partial charge in [0.1, 0.15) is 5.82 Å². The molecule has 0 radical (unpaired) electrons. The Kier molecular flexibility index (Phi) is 5.30. The smallest absolute Gasteiger partial charge is 0.355 e. The Bertz CT molecular complexity index is 1050. The SMILES string of the molecule is Cc1nn(-c2cc3nc(SCCC(=O)O)sc3cc2Cl)c(=O)n1C(F)F. The fourth-order valence-electron chi connectivity index (χ4n) is 2.22. The first-order chi connectivity index (χ1) is 12.3. The molecule has 0 aliphatic carbocycles. The molecule has 3 rings (SSSR count). The predicted molar refractivity (Wildman–Crippen MR) is 95.0 cm³/mol. The van der Waals surface area contributed by atoms with Crippen LogP contribution in [0.25, 0.3) is 15.9 Å². The summed E-state index contributed by atoms with van der Waals surface area (Å²) in [5.41, 5.74) is -0.326. The van der Waals surface area contributed by atoms with Gasteiger partial charge in [-0.2, -0.15) is 13.5 Å². The van der Waals surface area contributed by atoms with Gasteiger partial charge in [0, 0.05) is 5.75 Å². The molecule has 12 heteroatoms. The van der Waals surface area contributed by atoms with Gasteiger partial charge in [0.05, 0.1) is 27.3 Å². The molecule has 3 aromatic rings. The average molecular weight is 421 g/mol. The zero-order chi connectivity index (χ0) is 19.0. The van der Waals surface area contributed by atoms with Gasteiger partial charge in [-0.15, -0.1) is 16.4 Å². The Hall–Kier alpha value is -1.98. The second-order valence-electron chi connectivity index (χ2n) is 5.13. The van der Waals surface area contributed by atoms with Crippen LogP contribution in [0.5, 0.6) is 0 Å². The van der Waals surface area contributed by atoms with Crippen molar-refractivity contribution in [1.82, 2.24) is 19.3 Å². The van der Waals surface area contributed by atoms with E-state index in [4.69, 9.17) is 16.7 Å². The van der Waals surface area contributed by atoms with E-state index < -0.39 is 18.2 Å². The lowest BCUT2D eigenvalue weighted by Crippen LogP contribution is -2.24. The van der Waals surface area contributed by atoms with Gasteiger partial charge in [0.2, 0.25) is 0 Å². The third kappa shape index (κ3) is 3.60. The minimum Gasteiger partial charge on any atom is -0.481 e. The van der Waals surface area contributed by atoms with Crippen LogP contribution in [0.4, 0.5) is 8.78 Å². The zero-order valence-corrected chi connectivity index (χ0v) is 15.5. The molecule has 0 amide bonds. The molecule has 0 aliphatic heterocycles. The molecule has 26 heavy (non-hydrogen) atoms. The number of hydrogen-bond donors (Lipinski definition) is 1. The van der Waals surface area contributed by atoms with Crippen LogP contribution in [-0.2, 0) is 4.79 Å². The summed E-state index contributed by atoms with van der Waals surface area (Å²) >= 11 is 8.82. The second kappa shape index (κ2) is 7.33. The zero-order valence-electron chi connectivity index (χ0n) is 13.1. The van der Waals surface area contributed by atoms with Gasteiger partial charge in [-0.05, 0) is 19.1 Å². The third-order valence-electron chi connectivity index (χ3n) is 3.38. The lowest BCUT2D eigenvalue weighted by atomic mass is 10.3. The van der Waals surface area contributed by atoms with Crippen LogP contribution >= 0.6 is 34.7 Å². The molecule has 1 N–H and O–H groups in total. The summed E-state index contributed by atoms with van der Waals surface area (Å²) < 4.78 is 28.4. The number of carboxylic acid groups (broad SMARTS) is 1. The first kappa shape index (κ1) is 18.8. The van der Waals surface area contributed by atoms with Gasteiger partial charge in [-0.25, -0.2) is 14.3 Å². The van der Waals surface area contributed by atoms with Crippen LogP contribution in [0.2, 0.25) is 5.02 Å². The molecule has 0 saturated heterocycles. The van der Waals surface area contributed by atoms with Crippen molar-refractivity contribution in [2.24, 2.45) is 0 Å². The first-order valence-corrected chi connectivity index (χ1v) is 9.37. The largest absolute Gasteiger partial charge is 0.481 e. The van der Waals surface area contributed by atoms with Crippen LogP contribution in [-0.4, -0.2) is 36.2 Å². The first-order valence-electron chi connectivity index (χ1n) is 7.19. The summed E-state index contributed by atoms with van der Waals surface area (Å²) in [5, 5.41) is 12.7. The van der Waals surface area contributed by atoms with Crippen molar-refractivity contribution in [3.8, 4) is 5.69 Å². The molecule has 2 heterocycles. The minimum absolute atomic E-state index is 0.00628. The van der Waals surface area contributed by atoms with Gasteiger partial charge in [0.25, 0.3) is 0 Å². The van der Waals surface area contributed by atoms with E-state index in [0.717, 1.165) is 9.38 Å². The highest BCUT2D eigenvalue weighted by Gasteiger charge is 2.20. The van der Waals surface area contributed by atoms with E-state index in [9.17, 15) is 18.4 Å². The molecular formula is C14H11ClF2N4O3S2. The highest BCUT2D eigenvalue weighted by atomic mass is 35.5. The summed E-state index contributed by atoms with van der Waals surface area (Å²) in [6, 6.07) is 3.08. The molecule has 0 saturated carbocycles. The number of carbonyl (C=O) groups is 1. The Morgan fingerprint density at radius 2 is 2.19 bits per heavy atom. The Morgan fingerprint density at radius 3 is 2.81 bits per heavy atom. The standard InChI is InChI=1S/C14H11ClF2N4O3S2/c1-6-19-21(14(24)20(6)12(16)17)9-5-8-10(4-7(9)15)26-13(18-8)25-3-2-11(22)23/h4-5,12H,2-3H2,1H3,(H,22,23). The molecule has 0 atom stereocenters. The van der Waals surface area contributed by atoms with E-state index in [1.807, 2.05) is 0 Å². The van der Waals surface area contributed by atoms with Crippen LogP contribution in [0, 0.1) is 6.92 Å². The van der Waals surface area contributed by atoms with Crippen LogP contribution in [0.1, 0.15) is 18.8 Å². The maximum absolute atomic E-state index is 13.0. The number of aliphatic carboxylic acids is 1. The molecule has 1 aromatic carbocycles. The van der Waals surface area contributed by atoms with E-state index in [1.54, 1.807) is 6.07 Å². The van der Waals surface area contributed by atoms with Crippen molar-refractivity contribution in [1.29, 1.82) is 0 Å². The summed E-state index contributed by atoms with van der Waals surface area (Å²) in [5.74, 6) is -0.662. The number of rotatable bonds is 6. The number of benzene rings is 1. The summed E-state index contributed by atoms with van der Waals surface area (Å²) in [7, 11) is 0. The lowest BCUT2D eigenvalue weighted by molar-refractivity contribution is -0.136. The lowest BCUT2D eigenvalue weighted by Gasteiger charge is -2.02. The van der Waals surface area contributed by atoms with Gasteiger partial charge in [0.15, 0.2) is 4.34 Å². The number of thioether (sulfide) groups is 1. The molecule has 0 bridgehead atoms. The van der Waals surface area contributed by atoms with Crippen LogP contribution in [0.3, 0.4) is 0 Å². The maximum Gasteiger partial charge on any atom is 0.355 e. The number of halogens is 3. The molecule has 7 nitrogen and oxygen atoms in total. The van der Waals surface area contributed by atoms with Crippen molar-refractivity contribution in [3.63, 3.8) is 0 Å². The van der Waals surface area contributed by atoms with Gasteiger partial charge in [-0.3, -0.25) is 4.79 Å². The van der Waals surface area contributed by atoms with Crippen molar-refractivity contribution >= 4 is 50.9 Å². The highest BCUT2D eigenvalue weighted by Crippen LogP contribution is 2.34. The molecule has 2 aromatic heterocycles. The Balaban J connectivity index is 2.00. The normalized spacial score (nSPS) is 11.6. The average Bonchev–Trinajstić information content (AvgIpc) is 3.05. The number of thiazole rings is 1. The highest BCUT2D eigenvalue weighted by molar-refractivity contribution is 8.01. The number of nitrogens with zero attached hydrogens (tertiary/aromatic N) is 4. The predicted octanol–water partition coefficient (Wildman–Crippen LogP) is 3.57. The number of fused-ring (bicyclic) bond motifs is 1. The second-order valence-corrected chi connectivity index (χ2v) is 7.91. The number of aryl methyl sites for hydroxylation is 1. The molecule has 0 spiro atoms. The van der Waals surface area contributed by atoms with Crippen molar-refractivity contribution in [3.05, 3.63) is 33.5 Å². The Labute approximate surface area is 158 Å². The topological polar surface area (TPSA) is 90.0 Å².